The van der Waals surface area contributed by atoms with Crippen molar-refractivity contribution < 1.29 is 8.42 Å². The summed E-state index contributed by atoms with van der Waals surface area (Å²) in [7, 11) is -3.05. The van der Waals surface area contributed by atoms with Crippen LogP contribution in [-0.2, 0) is 16.6 Å². The van der Waals surface area contributed by atoms with Crippen LogP contribution in [0.25, 0.3) is 0 Å². The van der Waals surface area contributed by atoms with Crippen molar-refractivity contribution in [2.75, 3.05) is 12.3 Å². The van der Waals surface area contributed by atoms with E-state index in [9.17, 15) is 8.42 Å². The lowest BCUT2D eigenvalue weighted by Gasteiger charge is -2.05. The Morgan fingerprint density at radius 1 is 1.47 bits per heavy atom. The first-order valence-electron chi connectivity index (χ1n) is 5.07. The molecule has 1 N–H and O–H groups in total. The van der Waals surface area contributed by atoms with Crippen LogP contribution in [0.1, 0.15) is 19.8 Å². The van der Waals surface area contributed by atoms with E-state index >= 15 is 0 Å². The number of aromatic nitrogens is 2. The first-order chi connectivity index (χ1) is 7.14. The Kier molecular flexibility index (Phi) is 4.77. The maximum atomic E-state index is 11.3. The van der Waals surface area contributed by atoms with Crippen LogP contribution in [0.5, 0.6) is 0 Å². The zero-order valence-corrected chi connectivity index (χ0v) is 9.70. The molecular formula is C9H17N3O2S. The van der Waals surface area contributed by atoms with Crippen LogP contribution in [0.2, 0.25) is 0 Å². The summed E-state index contributed by atoms with van der Waals surface area (Å²) in [6.45, 7) is 3.12. The van der Waals surface area contributed by atoms with Crippen LogP contribution in [0.15, 0.2) is 18.7 Å². The molecule has 86 valence electrons. The normalized spacial score (nSPS) is 11.8. The number of rotatable bonds is 7. The molecule has 1 rings (SSSR count). The highest BCUT2D eigenvalue weighted by molar-refractivity contribution is 7.89. The highest BCUT2D eigenvalue weighted by atomic mass is 32.2. The SMILES string of the molecule is CCCS(=O)(=O)NCCCn1ccnc1. The van der Waals surface area contributed by atoms with Gasteiger partial charge < -0.3 is 4.57 Å². The highest BCUT2D eigenvalue weighted by Crippen LogP contribution is 1.92. The van der Waals surface area contributed by atoms with E-state index in [0.29, 0.717) is 13.0 Å². The molecule has 15 heavy (non-hydrogen) atoms. The van der Waals surface area contributed by atoms with E-state index in [1.54, 1.807) is 12.5 Å². The second-order valence-corrected chi connectivity index (χ2v) is 5.29. The van der Waals surface area contributed by atoms with Gasteiger partial charge >= 0.3 is 0 Å². The molecule has 1 aromatic heterocycles. The molecule has 0 aliphatic rings. The van der Waals surface area contributed by atoms with Gasteiger partial charge in [-0.25, -0.2) is 18.1 Å². The predicted molar refractivity (Wildman–Crippen MR) is 58.9 cm³/mol. The van der Waals surface area contributed by atoms with Gasteiger partial charge in [-0.05, 0) is 12.8 Å². The minimum atomic E-state index is -3.05. The molecular weight excluding hydrogens is 214 g/mol. The van der Waals surface area contributed by atoms with Crippen molar-refractivity contribution in [1.82, 2.24) is 14.3 Å². The van der Waals surface area contributed by atoms with Gasteiger partial charge in [0.2, 0.25) is 10.0 Å². The number of imidazole rings is 1. The van der Waals surface area contributed by atoms with Crippen LogP contribution in [0.4, 0.5) is 0 Å². The fourth-order valence-corrected chi connectivity index (χ4v) is 2.39. The second-order valence-electron chi connectivity index (χ2n) is 3.37. The van der Waals surface area contributed by atoms with Gasteiger partial charge in [0, 0.05) is 25.5 Å². The van der Waals surface area contributed by atoms with Crippen LogP contribution < -0.4 is 4.72 Å². The average Bonchev–Trinajstić information content (AvgIpc) is 2.65. The molecule has 0 bridgehead atoms. The topological polar surface area (TPSA) is 64.0 Å². The molecule has 0 amide bonds. The quantitative estimate of drug-likeness (QED) is 0.699. The number of hydrogen-bond donors (Lipinski definition) is 1. The summed E-state index contributed by atoms with van der Waals surface area (Å²) >= 11 is 0. The lowest BCUT2D eigenvalue weighted by atomic mass is 10.4. The van der Waals surface area contributed by atoms with E-state index in [1.165, 1.54) is 0 Å². The standard InChI is InChI=1S/C9H17N3O2S/c1-2-8-15(13,14)11-4-3-6-12-7-5-10-9-12/h5,7,9,11H,2-4,6,8H2,1H3. The molecule has 0 aromatic carbocycles. The van der Waals surface area contributed by atoms with E-state index in [0.717, 1.165) is 13.0 Å². The van der Waals surface area contributed by atoms with E-state index in [2.05, 4.69) is 9.71 Å². The minimum absolute atomic E-state index is 0.206. The molecule has 0 aliphatic heterocycles. The largest absolute Gasteiger partial charge is 0.337 e. The summed E-state index contributed by atoms with van der Waals surface area (Å²) in [5.74, 6) is 0.206. The summed E-state index contributed by atoms with van der Waals surface area (Å²) in [5.41, 5.74) is 0. The number of hydrogen-bond acceptors (Lipinski definition) is 3. The van der Waals surface area contributed by atoms with Crippen molar-refractivity contribution in [3.8, 4) is 0 Å². The van der Waals surface area contributed by atoms with Crippen LogP contribution in [-0.4, -0.2) is 30.3 Å². The lowest BCUT2D eigenvalue weighted by molar-refractivity contribution is 0.568. The van der Waals surface area contributed by atoms with E-state index in [1.807, 2.05) is 17.7 Å². The first-order valence-corrected chi connectivity index (χ1v) is 6.72. The Morgan fingerprint density at radius 3 is 2.87 bits per heavy atom. The van der Waals surface area contributed by atoms with Crippen molar-refractivity contribution >= 4 is 10.0 Å². The van der Waals surface area contributed by atoms with Gasteiger partial charge in [-0.2, -0.15) is 0 Å². The molecule has 0 spiro atoms. The van der Waals surface area contributed by atoms with Crippen molar-refractivity contribution in [2.24, 2.45) is 0 Å². The van der Waals surface area contributed by atoms with Gasteiger partial charge in [0.05, 0.1) is 12.1 Å². The molecule has 0 radical (unpaired) electrons. The fraction of sp³-hybridized carbons (Fsp3) is 0.667. The molecule has 0 fully saturated rings. The lowest BCUT2D eigenvalue weighted by Crippen LogP contribution is -2.27. The number of nitrogens with one attached hydrogen (secondary N) is 1. The van der Waals surface area contributed by atoms with Crippen molar-refractivity contribution in [3.63, 3.8) is 0 Å². The molecule has 5 nitrogen and oxygen atoms in total. The fourth-order valence-electron chi connectivity index (χ4n) is 1.25. The molecule has 0 saturated carbocycles. The van der Waals surface area contributed by atoms with Crippen molar-refractivity contribution in [1.29, 1.82) is 0 Å². The van der Waals surface area contributed by atoms with Gasteiger partial charge in [0.1, 0.15) is 0 Å². The minimum Gasteiger partial charge on any atom is -0.337 e. The Bertz CT molecular complexity index is 359. The van der Waals surface area contributed by atoms with Crippen LogP contribution in [0, 0.1) is 0 Å². The van der Waals surface area contributed by atoms with Crippen LogP contribution >= 0.6 is 0 Å². The smallest absolute Gasteiger partial charge is 0.211 e. The van der Waals surface area contributed by atoms with E-state index in [-0.39, 0.29) is 5.75 Å². The van der Waals surface area contributed by atoms with Gasteiger partial charge in [0.15, 0.2) is 0 Å². The third kappa shape index (κ3) is 4.94. The summed E-state index contributed by atoms with van der Waals surface area (Å²) in [5, 5.41) is 0. The van der Waals surface area contributed by atoms with Gasteiger partial charge in [-0.3, -0.25) is 0 Å². The van der Waals surface area contributed by atoms with E-state index in [4.69, 9.17) is 0 Å². The summed E-state index contributed by atoms with van der Waals surface area (Å²) in [4.78, 5) is 3.90. The maximum Gasteiger partial charge on any atom is 0.211 e. The summed E-state index contributed by atoms with van der Waals surface area (Å²) < 4.78 is 27.0. The average molecular weight is 231 g/mol. The van der Waals surface area contributed by atoms with Crippen molar-refractivity contribution in [3.05, 3.63) is 18.7 Å². The Morgan fingerprint density at radius 2 is 2.27 bits per heavy atom. The van der Waals surface area contributed by atoms with Gasteiger partial charge in [0.25, 0.3) is 0 Å². The first kappa shape index (κ1) is 12.2. The zero-order chi connectivity index (χ0) is 11.1. The Hall–Kier alpha value is -0.880. The van der Waals surface area contributed by atoms with Gasteiger partial charge in [-0.15, -0.1) is 0 Å². The Labute approximate surface area is 90.6 Å². The summed E-state index contributed by atoms with van der Waals surface area (Å²) in [6.07, 6.45) is 6.72. The van der Waals surface area contributed by atoms with E-state index < -0.39 is 10.0 Å². The molecule has 6 heteroatoms. The molecule has 0 unspecified atom stereocenters. The Balaban J connectivity index is 2.17. The molecule has 1 heterocycles. The monoisotopic (exact) mass is 231 g/mol. The van der Waals surface area contributed by atoms with Crippen molar-refractivity contribution in [2.45, 2.75) is 26.3 Å². The second kappa shape index (κ2) is 5.87. The summed E-state index contributed by atoms with van der Waals surface area (Å²) in [6, 6.07) is 0. The number of nitrogens with zero attached hydrogens (tertiary/aromatic N) is 2. The predicted octanol–water partition coefficient (Wildman–Crippen LogP) is 0.603. The maximum absolute atomic E-state index is 11.3. The number of aryl methyl sites for hydroxylation is 1. The molecule has 0 atom stereocenters. The van der Waals surface area contributed by atoms with Gasteiger partial charge in [-0.1, -0.05) is 6.92 Å². The zero-order valence-electron chi connectivity index (χ0n) is 8.89. The third-order valence-electron chi connectivity index (χ3n) is 1.95. The molecule has 0 aliphatic carbocycles. The van der Waals surface area contributed by atoms with Crippen LogP contribution in [0.3, 0.4) is 0 Å². The highest BCUT2D eigenvalue weighted by Gasteiger charge is 2.06. The molecule has 0 saturated heterocycles. The molecule has 1 aromatic rings. The number of sulfonamides is 1. The third-order valence-corrected chi connectivity index (χ3v) is 3.54.